The molecule has 0 fully saturated rings. The molecule has 0 saturated heterocycles. The molecule has 7 nitrogen and oxygen atoms in total. The van der Waals surface area contributed by atoms with Crippen LogP contribution >= 0.6 is 11.6 Å². The number of hydrogen-bond acceptors (Lipinski definition) is 5. The summed E-state index contributed by atoms with van der Waals surface area (Å²) < 4.78 is 29.4. The SMILES string of the molecule is CCc1cnccc1-c1cccc(C(C)N(CCCC(=O)NCCN)S(=O)(=O)c2cccc(Cl)c2C)c1. The molecule has 2 aromatic carbocycles. The standard InChI is InChI=1S/C28H35ClN4O3S/c1-4-22-19-31-15-13-25(22)24-9-5-8-23(18-24)21(3)33(17-7-12-28(34)32-16-14-30)37(35,36)27-11-6-10-26(29)20(27)2/h5-6,8-11,13,15,18-19,21H,4,7,12,14,16-17,30H2,1-3H3,(H,32,34). The molecule has 198 valence electrons. The highest BCUT2D eigenvalue weighted by molar-refractivity contribution is 7.89. The second-order valence-corrected chi connectivity index (χ2v) is 11.2. The van der Waals surface area contributed by atoms with E-state index in [-0.39, 0.29) is 23.8 Å². The first-order valence-corrected chi connectivity index (χ1v) is 14.3. The summed E-state index contributed by atoms with van der Waals surface area (Å²) in [5, 5.41) is 3.13. The number of aromatic nitrogens is 1. The third-order valence-corrected chi connectivity index (χ3v) is 8.97. The molecule has 37 heavy (non-hydrogen) atoms. The predicted octanol–water partition coefficient (Wildman–Crippen LogP) is 4.88. The topological polar surface area (TPSA) is 105 Å². The second kappa shape index (κ2) is 13.1. The average molecular weight is 543 g/mol. The van der Waals surface area contributed by atoms with Crippen molar-refractivity contribution in [2.24, 2.45) is 5.73 Å². The van der Waals surface area contributed by atoms with Crippen molar-refractivity contribution < 1.29 is 13.2 Å². The third-order valence-electron chi connectivity index (χ3n) is 6.45. The number of amides is 1. The highest BCUT2D eigenvalue weighted by Crippen LogP contribution is 2.33. The van der Waals surface area contributed by atoms with Crippen molar-refractivity contribution in [1.29, 1.82) is 0 Å². The Kier molecular flexibility index (Phi) is 10.2. The highest BCUT2D eigenvalue weighted by atomic mass is 35.5. The van der Waals surface area contributed by atoms with E-state index in [2.05, 4.69) is 17.2 Å². The Morgan fingerprint density at radius 1 is 1.19 bits per heavy atom. The third kappa shape index (κ3) is 6.96. The molecule has 3 N–H and O–H groups in total. The summed E-state index contributed by atoms with van der Waals surface area (Å²) in [4.78, 5) is 16.5. The zero-order valence-electron chi connectivity index (χ0n) is 21.6. The van der Waals surface area contributed by atoms with Crippen LogP contribution < -0.4 is 11.1 Å². The summed E-state index contributed by atoms with van der Waals surface area (Å²) in [6.45, 7) is 6.57. The van der Waals surface area contributed by atoms with Gasteiger partial charge < -0.3 is 11.1 Å². The number of hydrogen-bond donors (Lipinski definition) is 2. The molecule has 0 spiro atoms. The molecular formula is C28H35ClN4O3S. The highest BCUT2D eigenvalue weighted by Gasteiger charge is 2.31. The molecule has 0 aliphatic carbocycles. The van der Waals surface area contributed by atoms with Crippen molar-refractivity contribution in [3.05, 3.63) is 82.6 Å². The molecule has 0 bridgehead atoms. The van der Waals surface area contributed by atoms with Gasteiger partial charge in [0.2, 0.25) is 15.9 Å². The molecule has 0 radical (unpaired) electrons. The summed E-state index contributed by atoms with van der Waals surface area (Å²) in [5.74, 6) is -0.152. The first-order valence-electron chi connectivity index (χ1n) is 12.5. The number of rotatable bonds is 12. The minimum absolute atomic E-state index is 0.152. The largest absolute Gasteiger partial charge is 0.355 e. The fraction of sp³-hybridized carbons (Fsp3) is 0.357. The monoisotopic (exact) mass is 542 g/mol. The zero-order valence-corrected chi connectivity index (χ0v) is 23.1. The van der Waals surface area contributed by atoms with Gasteiger partial charge in [-0.15, -0.1) is 0 Å². The van der Waals surface area contributed by atoms with Crippen LogP contribution in [0.3, 0.4) is 0 Å². The van der Waals surface area contributed by atoms with Gasteiger partial charge in [-0.1, -0.05) is 42.8 Å². The van der Waals surface area contributed by atoms with Crippen LogP contribution in [-0.2, 0) is 21.2 Å². The molecule has 0 saturated carbocycles. The maximum Gasteiger partial charge on any atom is 0.243 e. The molecular weight excluding hydrogens is 508 g/mol. The molecule has 0 aliphatic rings. The van der Waals surface area contributed by atoms with E-state index in [1.807, 2.05) is 43.5 Å². The number of carbonyl (C=O) groups excluding carboxylic acids is 1. The fourth-order valence-corrected chi connectivity index (χ4v) is 6.47. The number of halogens is 1. The van der Waals surface area contributed by atoms with E-state index < -0.39 is 16.1 Å². The molecule has 1 heterocycles. The summed E-state index contributed by atoms with van der Waals surface area (Å²) in [5.41, 5.74) is 10.0. The summed E-state index contributed by atoms with van der Waals surface area (Å²) in [7, 11) is -3.92. The number of nitrogens with zero attached hydrogens (tertiary/aromatic N) is 2. The first kappa shape index (κ1) is 28.8. The van der Waals surface area contributed by atoms with E-state index in [9.17, 15) is 13.2 Å². The van der Waals surface area contributed by atoms with Gasteiger partial charge in [-0.2, -0.15) is 4.31 Å². The number of aryl methyl sites for hydroxylation is 1. The Balaban J connectivity index is 1.98. The van der Waals surface area contributed by atoms with E-state index >= 15 is 0 Å². The molecule has 1 aromatic heterocycles. The van der Waals surface area contributed by atoms with E-state index in [1.165, 1.54) is 4.31 Å². The Hall–Kier alpha value is -2.78. The summed E-state index contributed by atoms with van der Waals surface area (Å²) in [6, 6.07) is 14.3. The fourth-order valence-electron chi connectivity index (χ4n) is 4.33. The lowest BCUT2D eigenvalue weighted by atomic mass is 9.97. The maximum atomic E-state index is 14.0. The molecule has 1 atom stereocenters. The van der Waals surface area contributed by atoms with Crippen molar-refractivity contribution >= 4 is 27.5 Å². The minimum Gasteiger partial charge on any atom is -0.355 e. The van der Waals surface area contributed by atoms with Gasteiger partial charge in [-0.3, -0.25) is 9.78 Å². The summed E-state index contributed by atoms with van der Waals surface area (Å²) >= 11 is 6.28. The van der Waals surface area contributed by atoms with Crippen molar-refractivity contribution in [3.8, 4) is 11.1 Å². The van der Waals surface area contributed by atoms with Crippen LogP contribution in [-0.4, -0.2) is 43.2 Å². The number of nitrogens with one attached hydrogen (secondary N) is 1. The van der Waals surface area contributed by atoms with Crippen LogP contribution in [0.4, 0.5) is 0 Å². The van der Waals surface area contributed by atoms with Crippen molar-refractivity contribution in [2.45, 2.75) is 51.0 Å². The van der Waals surface area contributed by atoms with Crippen molar-refractivity contribution in [3.63, 3.8) is 0 Å². The van der Waals surface area contributed by atoms with Gasteiger partial charge in [0.1, 0.15) is 0 Å². The van der Waals surface area contributed by atoms with E-state index in [0.717, 1.165) is 28.7 Å². The quantitative estimate of drug-likeness (QED) is 0.339. The predicted molar refractivity (Wildman–Crippen MR) is 149 cm³/mol. The van der Waals surface area contributed by atoms with Crippen molar-refractivity contribution in [1.82, 2.24) is 14.6 Å². The van der Waals surface area contributed by atoms with Crippen LogP contribution in [0.1, 0.15) is 49.4 Å². The first-order chi connectivity index (χ1) is 17.7. The average Bonchev–Trinajstić information content (AvgIpc) is 2.90. The normalized spacial score (nSPS) is 12.5. The number of pyridine rings is 1. The number of carbonyl (C=O) groups is 1. The van der Waals surface area contributed by atoms with E-state index in [4.69, 9.17) is 17.3 Å². The smallest absolute Gasteiger partial charge is 0.243 e. The lowest BCUT2D eigenvalue weighted by Gasteiger charge is -2.30. The minimum atomic E-state index is -3.92. The van der Waals surface area contributed by atoms with Crippen LogP contribution in [0.5, 0.6) is 0 Å². The second-order valence-electron chi connectivity index (χ2n) is 8.91. The van der Waals surface area contributed by atoms with Gasteiger partial charge in [0, 0.05) is 49.5 Å². The maximum absolute atomic E-state index is 14.0. The molecule has 1 unspecified atom stereocenters. The lowest BCUT2D eigenvalue weighted by molar-refractivity contribution is -0.121. The molecule has 9 heteroatoms. The van der Waals surface area contributed by atoms with Crippen LogP contribution in [0.25, 0.3) is 11.1 Å². The molecule has 3 aromatic rings. The molecule has 0 aliphatic heterocycles. The van der Waals surface area contributed by atoms with Crippen LogP contribution in [0.2, 0.25) is 5.02 Å². The number of nitrogens with two attached hydrogens (primary N) is 1. The Labute approximate surface area is 225 Å². The van der Waals surface area contributed by atoms with Gasteiger partial charge in [0.05, 0.1) is 4.90 Å². The summed E-state index contributed by atoms with van der Waals surface area (Å²) in [6.07, 6.45) is 5.02. The lowest BCUT2D eigenvalue weighted by Crippen LogP contribution is -2.36. The van der Waals surface area contributed by atoms with Gasteiger partial charge in [0.25, 0.3) is 0 Å². The number of sulfonamides is 1. The van der Waals surface area contributed by atoms with E-state index in [1.54, 1.807) is 31.3 Å². The van der Waals surface area contributed by atoms with Gasteiger partial charge >= 0.3 is 0 Å². The van der Waals surface area contributed by atoms with Crippen LogP contribution in [0.15, 0.2) is 65.8 Å². The Morgan fingerprint density at radius 3 is 2.68 bits per heavy atom. The number of benzene rings is 2. The van der Waals surface area contributed by atoms with Gasteiger partial charge in [-0.05, 0) is 78.8 Å². The van der Waals surface area contributed by atoms with E-state index in [0.29, 0.717) is 30.1 Å². The van der Waals surface area contributed by atoms with Crippen molar-refractivity contribution in [2.75, 3.05) is 19.6 Å². The Morgan fingerprint density at radius 2 is 1.95 bits per heavy atom. The van der Waals surface area contributed by atoms with Crippen LogP contribution in [0, 0.1) is 6.92 Å². The molecule has 3 rings (SSSR count). The van der Waals surface area contributed by atoms with Gasteiger partial charge in [0.15, 0.2) is 0 Å². The van der Waals surface area contributed by atoms with Gasteiger partial charge in [-0.25, -0.2) is 8.42 Å². The zero-order chi connectivity index (χ0) is 27.0. The molecule has 1 amide bonds. The Bertz CT molecular complexity index is 1330.